The minimum atomic E-state index is -0.471. The normalized spacial score (nSPS) is 10.2. The molecular weight excluding hydrogens is 316 g/mol. The van der Waals surface area contributed by atoms with E-state index in [1.807, 2.05) is 26.0 Å². The van der Waals surface area contributed by atoms with Crippen LogP contribution in [0, 0.1) is 13.8 Å². The van der Waals surface area contributed by atoms with Crippen LogP contribution in [0.2, 0.25) is 0 Å². The van der Waals surface area contributed by atoms with Crippen molar-refractivity contribution >= 4 is 28.3 Å². The Kier molecular flexibility index (Phi) is 5.70. The van der Waals surface area contributed by atoms with Gasteiger partial charge in [0.25, 0.3) is 0 Å². The smallest absolute Gasteiger partial charge is 0.349 e. The van der Waals surface area contributed by atoms with Gasteiger partial charge in [-0.1, -0.05) is 17.4 Å². The molecule has 0 saturated carbocycles. The van der Waals surface area contributed by atoms with Gasteiger partial charge in [0, 0.05) is 0 Å². The Labute approximate surface area is 138 Å². The fraction of sp³-hybridized carbons (Fsp3) is 0.312. The summed E-state index contributed by atoms with van der Waals surface area (Å²) < 4.78 is 10.2. The monoisotopic (exact) mass is 334 g/mol. The first kappa shape index (κ1) is 17.0. The summed E-state index contributed by atoms with van der Waals surface area (Å²) in [6.45, 7) is 4.26. The lowest BCUT2D eigenvalue weighted by atomic mass is 10.1. The van der Waals surface area contributed by atoms with Gasteiger partial charge >= 0.3 is 5.97 Å². The average Bonchev–Trinajstić information content (AvgIpc) is 2.93. The lowest BCUT2D eigenvalue weighted by molar-refractivity contribution is -0.116. The topological polar surface area (TPSA) is 77.5 Å². The molecule has 7 heteroatoms. The number of nitrogens with zero attached hydrogens (tertiary/aromatic N) is 1. The Balaban J connectivity index is 1.81. The number of benzene rings is 1. The van der Waals surface area contributed by atoms with Crippen molar-refractivity contribution in [2.45, 2.75) is 20.3 Å². The number of thiazole rings is 1. The number of aryl methyl sites for hydroxylation is 2. The van der Waals surface area contributed by atoms with Crippen LogP contribution < -0.4 is 10.1 Å². The van der Waals surface area contributed by atoms with Crippen LogP contribution in [0.25, 0.3) is 0 Å². The average molecular weight is 334 g/mol. The quantitative estimate of drug-likeness (QED) is 0.822. The number of ether oxygens (including phenoxy) is 2. The molecule has 1 N–H and O–H groups in total. The number of carbonyl (C=O) groups is 2. The first-order chi connectivity index (χ1) is 11.0. The van der Waals surface area contributed by atoms with Crippen molar-refractivity contribution in [3.8, 4) is 5.75 Å². The van der Waals surface area contributed by atoms with E-state index in [1.54, 1.807) is 0 Å². The van der Waals surface area contributed by atoms with E-state index in [0.717, 1.165) is 28.2 Å². The molecule has 1 heterocycles. The van der Waals surface area contributed by atoms with Gasteiger partial charge in [0.05, 0.1) is 26.3 Å². The zero-order valence-corrected chi connectivity index (χ0v) is 14.0. The Morgan fingerprint density at radius 3 is 2.57 bits per heavy atom. The van der Waals surface area contributed by atoms with Crippen LogP contribution in [-0.4, -0.2) is 30.6 Å². The summed E-state index contributed by atoms with van der Waals surface area (Å²) in [5.41, 5.74) is 2.23. The molecule has 0 fully saturated rings. The van der Waals surface area contributed by atoms with Crippen LogP contribution >= 0.6 is 11.3 Å². The molecule has 1 amide bonds. The molecule has 0 radical (unpaired) electrons. The van der Waals surface area contributed by atoms with Crippen LogP contribution in [0.5, 0.6) is 5.75 Å². The van der Waals surface area contributed by atoms with Crippen molar-refractivity contribution in [3.05, 3.63) is 40.4 Å². The van der Waals surface area contributed by atoms with Gasteiger partial charge in [-0.3, -0.25) is 4.79 Å². The molecule has 0 spiro atoms. The molecule has 0 unspecified atom stereocenters. The van der Waals surface area contributed by atoms with Crippen LogP contribution in [0.1, 0.15) is 27.2 Å². The van der Waals surface area contributed by atoms with E-state index >= 15 is 0 Å². The minimum absolute atomic E-state index is 0.195. The highest BCUT2D eigenvalue weighted by molar-refractivity contribution is 7.17. The number of hydrogen-bond acceptors (Lipinski definition) is 6. The van der Waals surface area contributed by atoms with E-state index in [4.69, 9.17) is 4.74 Å². The number of esters is 1. The zero-order chi connectivity index (χ0) is 16.8. The first-order valence-corrected chi connectivity index (χ1v) is 7.84. The third kappa shape index (κ3) is 5.07. The third-order valence-corrected chi connectivity index (χ3v) is 3.82. The molecule has 122 valence electrons. The van der Waals surface area contributed by atoms with Gasteiger partial charge in [-0.05, 0) is 37.1 Å². The first-order valence-electron chi connectivity index (χ1n) is 7.03. The van der Waals surface area contributed by atoms with Crippen LogP contribution in [-0.2, 0) is 9.53 Å². The Bertz CT molecular complexity index is 692. The maximum Gasteiger partial charge on any atom is 0.349 e. The van der Waals surface area contributed by atoms with E-state index in [9.17, 15) is 9.59 Å². The Morgan fingerprint density at radius 2 is 1.91 bits per heavy atom. The van der Waals surface area contributed by atoms with E-state index in [2.05, 4.69) is 21.1 Å². The van der Waals surface area contributed by atoms with Crippen molar-refractivity contribution in [1.29, 1.82) is 0 Å². The molecule has 2 aromatic rings. The highest BCUT2D eigenvalue weighted by Crippen LogP contribution is 2.19. The van der Waals surface area contributed by atoms with E-state index in [-0.39, 0.29) is 18.9 Å². The van der Waals surface area contributed by atoms with E-state index in [1.165, 1.54) is 13.3 Å². The van der Waals surface area contributed by atoms with Gasteiger partial charge in [0.15, 0.2) is 5.13 Å². The largest absolute Gasteiger partial charge is 0.493 e. The molecular formula is C16H18N2O4S. The number of rotatable bonds is 6. The number of carbonyl (C=O) groups excluding carboxylic acids is 2. The second-order valence-electron chi connectivity index (χ2n) is 4.99. The Hall–Kier alpha value is -2.41. The molecule has 0 aliphatic rings. The van der Waals surface area contributed by atoms with Crippen LogP contribution in [0.4, 0.5) is 5.13 Å². The van der Waals surface area contributed by atoms with Crippen molar-refractivity contribution in [2.75, 3.05) is 19.0 Å². The highest BCUT2D eigenvalue weighted by Gasteiger charge is 2.12. The third-order valence-electron chi connectivity index (χ3n) is 2.93. The predicted octanol–water partition coefficient (Wildman–Crippen LogP) is 2.95. The molecule has 0 aliphatic heterocycles. The number of anilines is 1. The number of aromatic nitrogens is 1. The predicted molar refractivity (Wildman–Crippen MR) is 88.1 cm³/mol. The van der Waals surface area contributed by atoms with E-state index < -0.39 is 5.97 Å². The van der Waals surface area contributed by atoms with Gasteiger partial charge in [-0.15, -0.1) is 0 Å². The maximum atomic E-state index is 11.8. The van der Waals surface area contributed by atoms with Gasteiger partial charge < -0.3 is 14.8 Å². The zero-order valence-electron chi connectivity index (χ0n) is 13.2. The van der Waals surface area contributed by atoms with Crippen LogP contribution in [0.3, 0.4) is 0 Å². The molecule has 0 saturated heterocycles. The molecule has 23 heavy (non-hydrogen) atoms. The SMILES string of the molecule is COC(=O)c1cnc(NC(=O)CCOc2cc(C)cc(C)c2)s1. The fourth-order valence-corrected chi connectivity index (χ4v) is 2.74. The molecule has 0 aliphatic carbocycles. The Morgan fingerprint density at radius 1 is 1.22 bits per heavy atom. The van der Waals surface area contributed by atoms with Gasteiger partial charge in [-0.2, -0.15) is 0 Å². The molecule has 1 aromatic heterocycles. The summed E-state index contributed by atoms with van der Waals surface area (Å²) >= 11 is 1.07. The molecule has 0 bridgehead atoms. The van der Waals surface area contributed by atoms with Crippen molar-refractivity contribution in [1.82, 2.24) is 4.98 Å². The summed E-state index contributed by atoms with van der Waals surface area (Å²) in [4.78, 5) is 27.5. The van der Waals surface area contributed by atoms with Crippen molar-refractivity contribution < 1.29 is 19.1 Å². The molecule has 0 atom stereocenters. The number of hydrogen-bond donors (Lipinski definition) is 1. The van der Waals surface area contributed by atoms with Crippen molar-refractivity contribution in [3.63, 3.8) is 0 Å². The molecule has 1 aromatic carbocycles. The summed E-state index contributed by atoms with van der Waals surface area (Å²) in [7, 11) is 1.30. The van der Waals surface area contributed by atoms with Gasteiger partial charge in [0.2, 0.25) is 5.91 Å². The molecule has 2 rings (SSSR count). The maximum absolute atomic E-state index is 11.8. The van der Waals surface area contributed by atoms with Gasteiger partial charge in [0.1, 0.15) is 10.6 Å². The van der Waals surface area contributed by atoms with E-state index in [0.29, 0.717) is 10.0 Å². The number of amides is 1. The number of nitrogens with one attached hydrogen (secondary N) is 1. The minimum Gasteiger partial charge on any atom is -0.493 e. The summed E-state index contributed by atoms with van der Waals surface area (Å²) in [6.07, 6.45) is 1.57. The fourth-order valence-electron chi connectivity index (χ4n) is 1.99. The highest BCUT2D eigenvalue weighted by atomic mass is 32.1. The molecule has 6 nitrogen and oxygen atoms in total. The van der Waals surface area contributed by atoms with Crippen LogP contribution in [0.15, 0.2) is 24.4 Å². The van der Waals surface area contributed by atoms with Gasteiger partial charge in [-0.25, -0.2) is 9.78 Å². The van der Waals surface area contributed by atoms with Crippen molar-refractivity contribution in [2.24, 2.45) is 0 Å². The lowest BCUT2D eigenvalue weighted by Crippen LogP contribution is -2.15. The summed E-state index contributed by atoms with van der Waals surface area (Å²) in [5.74, 6) is 0.0545. The second kappa shape index (κ2) is 7.73. The standard InChI is InChI=1S/C16H18N2O4S/c1-10-6-11(2)8-12(7-10)22-5-4-14(19)18-16-17-9-13(23-16)15(20)21-3/h6-9H,4-5H2,1-3H3,(H,17,18,19). The lowest BCUT2D eigenvalue weighted by Gasteiger charge is -2.08. The summed E-state index contributed by atoms with van der Waals surface area (Å²) in [6, 6.07) is 5.91. The number of methoxy groups -OCH3 is 1. The second-order valence-corrected chi connectivity index (χ2v) is 6.02. The summed E-state index contributed by atoms with van der Waals surface area (Å²) in [5, 5.41) is 2.99.